The number of amides is 3. The molecular weight excluding hydrogens is 516 g/mol. The van der Waals surface area contributed by atoms with Gasteiger partial charge >= 0.3 is 5.97 Å². The molecule has 4 N–H and O–H groups in total. The number of esters is 1. The van der Waals surface area contributed by atoms with E-state index in [1.165, 1.54) is 31.0 Å². The highest BCUT2D eigenvalue weighted by molar-refractivity contribution is 8.03. The van der Waals surface area contributed by atoms with Crippen LogP contribution in [0.1, 0.15) is 20.9 Å². The number of rotatable bonds is 11. The van der Waals surface area contributed by atoms with E-state index in [1.807, 2.05) is 18.2 Å². The summed E-state index contributed by atoms with van der Waals surface area (Å²) in [5, 5.41) is 15.8. The Bertz CT molecular complexity index is 1360. The van der Waals surface area contributed by atoms with Crippen LogP contribution in [0.3, 0.4) is 0 Å². The van der Waals surface area contributed by atoms with Crippen molar-refractivity contribution in [2.24, 2.45) is 0 Å². The van der Waals surface area contributed by atoms with Crippen molar-refractivity contribution in [3.63, 3.8) is 0 Å². The maximum Gasteiger partial charge on any atom is 0.330 e. The van der Waals surface area contributed by atoms with E-state index < -0.39 is 23.8 Å². The number of aromatic nitrogens is 3. The van der Waals surface area contributed by atoms with E-state index in [2.05, 4.69) is 37.7 Å². The third-order valence-corrected chi connectivity index (χ3v) is 6.98. The third-order valence-electron chi connectivity index (χ3n) is 5.15. The van der Waals surface area contributed by atoms with Crippen molar-refractivity contribution >= 4 is 62.8 Å². The third kappa shape index (κ3) is 7.05. The lowest BCUT2D eigenvalue weighted by Gasteiger charge is -2.17. The number of carbonyl (C=O) groups excluding carboxylic acids is 4. The van der Waals surface area contributed by atoms with Gasteiger partial charge in [-0.05, 0) is 30.9 Å². The summed E-state index contributed by atoms with van der Waals surface area (Å²) < 4.78 is 4.77. The Kier molecular flexibility index (Phi) is 9.57. The second-order valence-electron chi connectivity index (χ2n) is 7.64. The van der Waals surface area contributed by atoms with Gasteiger partial charge in [-0.2, -0.15) is 5.10 Å². The normalized spacial score (nSPS) is 12.0. The van der Waals surface area contributed by atoms with Gasteiger partial charge in [-0.1, -0.05) is 36.1 Å². The summed E-state index contributed by atoms with van der Waals surface area (Å²) in [5.74, 6) is -2.03. The molecule has 0 saturated heterocycles. The average molecular weight is 543 g/mol. The molecule has 0 bridgehead atoms. The number of nitrogens with zero attached hydrogens (tertiary/aromatic N) is 2. The summed E-state index contributed by atoms with van der Waals surface area (Å²) >= 11 is 2.19. The Morgan fingerprint density at radius 1 is 1.30 bits per heavy atom. The second-order valence-corrected chi connectivity index (χ2v) is 9.48. The smallest absolute Gasteiger partial charge is 0.330 e. The van der Waals surface area contributed by atoms with Crippen LogP contribution in [0.4, 0.5) is 5.13 Å². The first kappa shape index (κ1) is 27.6. The largest absolute Gasteiger partial charge is 0.467 e. The second kappa shape index (κ2) is 12.8. The van der Waals surface area contributed by atoms with Crippen molar-refractivity contribution < 1.29 is 23.9 Å². The van der Waals surface area contributed by atoms with Gasteiger partial charge in [0.25, 0.3) is 11.8 Å². The zero-order valence-corrected chi connectivity index (χ0v) is 22.0. The van der Waals surface area contributed by atoms with Crippen LogP contribution in [0.2, 0.25) is 0 Å². The van der Waals surface area contributed by atoms with E-state index in [-0.39, 0.29) is 28.9 Å². The molecule has 3 amide bonds. The minimum absolute atomic E-state index is 0.0967. The van der Waals surface area contributed by atoms with Crippen LogP contribution in [0.25, 0.3) is 10.9 Å². The highest BCUT2D eigenvalue weighted by Gasteiger charge is 2.26. The summed E-state index contributed by atoms with van der Waals surface area (Å²) in [6.45, 7) is 4.99. The lowest BCUT2D eigenvalue weighted by Crippen LogP contribution is -2.49. The van der Waals surface area contributed by atoms with Gasteiger partial charge in [-0.15, -0.1) is 11.8 Å². The van der Waals surface area contributed by atoms with Gasteiger partial charge in [0.2, 0.25) is 5.91 Å². The Balaban J connectivity index is 1.65. The van der Waals surface area contributed by atoms with Gasteiger partial charge in [-0.25, -0.2) is 9.78 Å². The average Bonchev–Trinajstić information content (AvgIpc) is 3.51. The van der Waals surface area contributed by atoms with Crippen molar-refractivity contribution in [1.82, 2.24) is 25.8 Å². The van der Waals surface area contributed by atoms with E-state index in [9.17, 15) is 19.2 Å². The molecule has 11 nitrogen and oxygen atoms in total. The molecule has 0 aliphatic heterocycles. The summed E-state index contributed by atoms with van der Waals surface area (Å²) in [7, 11) is 1.18. The molecule has 0 spiro atoms. The molecule has 1 atom stereocenters. The van der Waals surface area contributed by atoms with Gasteiger partial charge in [0.05, 0.1) is 35.8 Å². The molecule has 13 heteroatoms. The maximum absolute atomic E-state index is 12.9. The first-order chi connectivity index (χ1) is 17.8. The summed E-state index contributed by atoms with van der Waals surface area (Å²) in [5.41, 5.74) is 2.00. The van der Waals surface area contributed by atoms with E-state index in [4.69, 9.17) is 4.74 Å². The van der Waals surface area contributed by atoms with Gasteiger partial charge in [0, 0.05) is 11.9 Å². The number of thioether (sulfide) groups is 1. The van der Waals surface area contributed by atoms with Crippen LogP contribution in [0.15, 0.2) is 48.0 Å². The summed E-state index contributed by atoms with van der Waals surface area (Å²) in [6, 6.07) is 4.40. The number of H-pyrrole nitrogens is 1. The van der Waals surface area contributed by atoms with Crippen molar-refractivity contribution in [2.75, 3.05) is 25.2 Å². The van der Waals surface area contributed by atoms with E-state index in [0.717, 1.165) is 27.8 Å². The predicted octanol–water partition coefficient (Wildman–Crippen LogP) is 2.33. The Hall–Kier alpha value is -3.97. The molecule has 3 rings (SSSR count). The van der Waals surface area contributed by atoms with Crippen molar-refractivity contribution in [3.05, 3.63) is 64.2 Å². The van der Waals surface area contributed by atoms with Gasteiger partial charge in [-0.3, -0.25) is 19.5 Å². The van der Waals surface area contributed by atoms with Crippen molar-refractivity contribution in [3.8, 4) is 0 Å². The number of fused-ring (bicyclic) bond motifs is 1. The van der Waals surface area contributed by atoms with Crippen LogP contribution in [-0.2, 0) is 25.5 Å². The minimum Gasteiger partial charge on any atom is -0.467 e. The molecule has 0 aliphatic carbocycles. The SMILES string of the molecule is C=C/C=C(\SC)C(=O)NCC(NC(=O)c1sc(NC(=O)Cc2cccc3[nH]ncc23)nc1C)C(=O)OC. The number of hydrogen-bond donors (Lipinski definition) is 4. The highest BCUT2D eigenvalue weighted by atomic mass is 32.2. The molecule has 0 aliphatic rings. The van der Waals surface area contributed by atoms with Gasteiger partial charge in [0.1, 0.15) is 10.9 Å². The summed E-state index contributed by atoms with van der Waals surface area (Å²) in [6.07, 6.45) is 6.50. The molecule has 3 aromatic rings. The Morgan fingerprint density at radius 2 is 2.08 bits per heavy atom. The van der Waals surface area contributed by atoms with Crippen LogP contribution in [-0.4, -0.2) is 64.8 Å². The molecule has 1 aromatic carbocycles. The monoisotopic (exact) mass is 542 g/mol. The molecule has 194 valence electrons. The molecule has 0 saturated carbocycles. The number of aromatic amines is 1. The van der Waals surface area contributed by atoms with Crippen LogP contribution < -0.4 is 16.0 Å². The van der Waals surface area contributed by atoms with E-state index >= 15 is 0 Å². The predicted molar refractivity (Wildman–Crippen MR) is 143 cm³/mol. The van der Waals surface area contributed by atoms with E-state index in [0.29, 0.717) is 10.6 Å². The number of nitrogens with one attached hydrogen (secondary N) is 4. The molecule has 0 radical (unpaired) electrons. The van der Waals surface area contributed by atoms with Crippen LogP contribution in [0, 0.1) is 6.92 Å². The standard InChI is InChI=1S/C24H26N6O5S2/c1-5-7-18(36-4)21(32)25-12-17(23(34)35-3)28-22(33)20-13(2)27-24(37-20)29-19(31)10-14-8-6-9-16-15(14)11-26-30-16/h5-9,11,17H,1,10,12H2,2-4H3,(H,25,32)(H,26,30)(H,28,33)(H,27,29,31)/b18-7-. The molecular formula is C24H26N6O5S2. The number of ether oxygens (including phenoxy) is 1. The lowest BCUT2D eigenvalue weighted by molar-refractivity contribution is -0.142. The van der Waals surface area contributed by atoms with Crippen LogP contribution >= 0.6 is 23.1 Å². The molecule has 37 heavy (non-hydrogen) atoms. The number of benzene rings is 1. The zero-order chi connectivity index (χ0) is 26.9. The number of allylic oxidation sites excluding steroid dienone is 2. The maximum atomic E-state index is 12.9. The summed E-state index contributed by atoms with van der Waals surface area (Å²) in [4.78, 5) is 55.0. The highest BCUT2D eigenvalue weighted by Crippen LogP contribution is 2.23. The fourth-order valence-electron chi connectivity index (χ4n) is 3.37. The molecule has 2 aromatic heterocycles. The van der Waals surface area contributed by atoms with Gasteiger partial charge < -0.3 is 20.7 Å². The lowest BCUT2D eigenvalue weighted by atomic mass is 10.1. The number of thiazole rings is 1. The quantitative estimate of drug-likeness (QED) is 0.163. The molecule has 0 fully saturated rings. The molecule has 1 unspecified atom stereocenters. The van der Waals surface area contributed by atoms with Crippen LogP contribution in [0.5, 0.6) is 0 Å². The first-order valence-corrected chi connectivity index (χ1v) is 13.0. The first-order valence-electron chi connectivity index (χ1n) is 11.0. The fourth-order valence-corrected chi connectivity index (χ4v) is 4.74. The number of aryl methyl sites for hydroxylation is 1. The van der Waals surface area contributed by atoms with E-state index in [1.54, 1.807) is 19.4 Å². The molecule has 2 heterocycles. The fraction of sp³-hybridized carbons (Fsp3) is 0.250. The van der Waals surface area contributed by atoms with Gasteiger partial charge in [0.15, 0.2) is 5.13 Å². The zero-order valence-electron chi connectivity index (χ0n) is 20.4. The number of hydrogen-bond acceptors (Lipinski definition) is 9. The minimum atomic E-state index is -1.14. The van der Waals surface area contributed by atoms with Crippen molar-refractivity contribution in [2.45, 2.75) is 19.4 Å². The number of carbonyl (C=O) groups is 4. The number of anilines is 1. The topological polar surface area (TPSA) is 155 Å². The Morgan fingerprint density at radius 3 is 2.78 bits per heavy atom. The van der Waals surface area contributed by atoms with Crippen molar-refractivity contribution in [1.29, 1.82) is 0 Å². The number of methoxy groups -OCH3 is 1. The Labute approximate surface area is 221 Å².